The summed E-state index contributed by atoms with van der Waals surface area (Å²) in [6.07, 6.45) is 5.09. The Labute approximate surface area is 132 Å². The van der Waals surface area contributed by atoms with Crippen LogP contribution in [0, 0.1) is 12.3 Å². The Morgan fingerprint density at radius 3 is 2.91 bits per heavy atom. The molecule has 6 heteroatoms. The van der Waals surface area contributed by atoms with Crippen LogP contribution in [0.4, 0.5) is 0 Å². The Morgan fingerprint density at radius 2 is 2.23 bits per heavy atom. The normalized spacial score (nSPS) is 23.1. The Balaban J connectivity index is 2.00. The molecular formula is C16H29N3O3. The van der Waals surface area contributed by atoms with Crippen LogP contribution >= 0.6 is 0 Å². The van der Waals surface area contributed by atoms with E-state index in [0.717, 1.165) is 44.6 Å². The summed E-state index contributed by atoms with van der Waals surface area (Å²) in [5.41, 5.74) is 2.18. The summed E-state index contributed by atoms with van der Waals surface area (Å²) in [6, 6.07) is 0. The molecule has 22 heavy (non-hydrogen) atoms. The second kappa shape index (κ2) is 8.06. The number of likely N-dealkylation sites (tertiary alicyclic amines) is 1. The average Bonchev–Trinajstić information content (AvgIpc) is 2.86. The van der Waals surface area contributed by atoms with Crippen molar-refractivity contribution in [3.63, 3.8) is 0 Å². The molecule has 1 aromatic heterocycles. The minimum atomic E-state index is -0.0384. The van der Waals surface area contributed by atoms with Crippen molar-refractivity contribution in [3.05, 3.63) is 17.5 Å². The topological polar surface area (TPSA) is 70.8 Å². The lowest BCUT2D eigenvalue weighted by Gasteiger charge is -2.41. The summed E-state index contributed by atoms with van der Waals surface area (Å²) >= 11 is 0. The largest absolute Gasteiger partial charge is 0.396 e. The van der Waals surface area contributed by atoms with Crippen LogP contribution < -0.4 is 0 Å². The van der Waals surface area contributed by atoms with Gasteiger partial charge in [-0.2, -0.15) is 5.10 Å². The van der Waals surface area contributed by atoms with E-state index in [1.54, 1.807) is 11.8 Å². The van der Waals surface area contributed by atoms with E-state index in [1.807, 2.05) is 13.1 Å². The summed E-state index contributed by atoms with van der Waals surface area (Å²) in [5, 5.41) is 23.3. The Morgan fingerprint density at radius 1 is 1.41 bits per heavy atom. The van der Waals surface area contributed by atoms with Gasteiger partial charge >= 0.3 is 0 Å². The molecule has 2 rings (SSSR count). The van der Waals surface area contributed by atoms with Crippen molar-refractivity contribution < 1.29 is 14.9 Å². The SMILES string of the molecule is COCCC1(CO)CCCN(Cc2cn(CCO)nc2C)C1. The molecule has 0 spiro atoms. The fourth-order valence-electron chi connectivity index (χ4n) is 3.35. The maximum atomic E-state index is 9.85. The number of aromatic nitrogens is 2. The molecular weight excluding hydrogens is 282 g/mol. The van der Waals surface area contributed by atoms with Crippen LogP contribution in [0.15, 0.2) is 6.20 Å². The van der Waals surface area contributed by atoms with Crippen LogP contribution in [0.3, 0.4) is 0 Å². The van der Waals surface area contributed by atoms with E-state index in [-0.39, 0.29) is 18.6 Å². The first-order valence-corrected chi connectivity index (χ1v) is 8.08. The zero-order valence-electron chi connectivity index (χ0n) is 13.8. The molecule has 2 heterocycles. The fraction of sp³-hybridized carbons (Fsp3) is 0.812. The second-order valence-corrected chi connectivity index (χ2v) is 6.44. The van der Waals surface area contributed by atoms with E-state index >= 15 is 0 Å². The average molecular weight is 311 g/mol. The van der Waals surface area contributed by atoms with Gasteiger partial charge in [0, 0.05) is 44.0 Å². The van der Waals surface area contributed by atoms with Gasteiger partial charge in [0.25, 0.3) is 0 Å². The van der Waals surface area contributed by atoms with Gasteiger partial charge in [-0.25, -0.2) is 0 Å². The van der Waals surface area contributed by atoms with Crippen molar-refractivity contribution >= 4 is 0 Å². The van der Waals surface area contributed by atoms with Gasteiger partial charge in [-0.15, -0.1) is 0 Å². The van der Waals surface area contributed by atoms with Crippen LogP contribution in [-0.4, -0.2) is 64.9 Å². The van der Waals surface area contributed by atoms with Crippen molar-refractivity contribution in [1.82, 2.24) is 14.7 Å². The second-order valence-electron chi connectivity index (χ2n) is 6.44. The molecule has 0 saturated carbocycles. The third-order valence-electron chi connectivity index (χ3n) is 4.68. The Kier molecular flexibility index (Phi) is 6.37. The first-order chi connectivity index (χ1) is 10.6. The van der Waals surface area contributed by atoms with Crippen molar-refractivity contribution in [2.24, 2.45) is 5.41 Å². The Bertz CT molecular complexity index is 463. The molecule has 126 valence electrons. The molecule has 1 fully saturated rings. The van der Waals surface area contributed by atoms with E-state index in [1.165, 1.54) is 5.56 Å². The molecule has 1 saturated heterocycles. The maximum absolute atomic E-state index is 9.85. The van der Waals surface area contributed by atoms with Crippen LogP contribution in [0.1, 0.15) is 30.5 Å². The van der Waals surface area contributed by atoms with Gasteiger partial charge < -0.3 is 14.9 Å². The Hall–Kier alpha value is -0.950. The zero-order valence-corrected chi connectivity index (χ0v) is 13.8. The molecule has 2 N–H and O–H groups in total. The lowest BCUT2D eigenvalue weighted by atomic mass is 9.78. The smallest absolute Gasteiger partial charge is 0.0641 e. The number of piperidine rings is 1. The molecule has 0 radical (unpaired) electrons. The number of nitrogens with zero attached hydrogens (tertiary/aromatic N) is 3. The van der Waals surface area contributed by atoms with E-state index in [4.69, 9.17) is 9.84 Å². The van der Waals surface area contributed by atoms with E-state index in [9.17, 15) is 5.11 Å². The molecule has 1 aromatic rings. The van der Waals surface area contributed by atoms with Crippen molar-refractivity contribution in [2.45, 2.75) is 39.3 Å². The molecule has 1 aliphatic heterocycles. The van der Waals surface area contributed by atoms with Gasteiger partial charge in [0.15, 0.2) is 0 Å². The number of rotatable bonds is 8. The maximum Gasteiger partial charge on any atom is 0.0641 e. The summed E-state index contributed by atoms with van der Waals surface area (Å²) in [5.74, 6) is 0. The minimum absolute atomic E-state index is 0.0384. The van der Waals surface area contributed by atoms with Gasteiger partial charge in [-0.1, -0.05) is 0 Å². The highest BCUT2D eigenvalue weighted by atomic mass is 16.5. The molecule has 6 nitrogen and oxygen atoms in total. The lowest BCUT2D eigenvalue weighted by molar-refractivity contribution is 0.00469. The number of aliphatic hydroxyl groups is 2. The van der Waals surface area contributed by atoms with E-state index in [2.05, 4.69) is 10.00 Å². The predicted molar refractivity (Wildman–Crippen MR) is 84.6 cm³/mol. The van der Waals surface area contributed by atoms with Gasteiger partial charge in [0.05, 0.1) is 25.5 Å². The van der Waals surface area contributed by atoms with E-state index in [0.29, 0.717) is 13.2 Å². The lowest BCUT2D eigenvalue weighted by Crippen LogP contribution is -2.45. The van der Waals surface area contributed by atoms with Gasteiger partial charge in [-0.05, 0) is 32.7 Å². The van der Waals surface area contributed by atoms with Crippen molar-refractivity contribution in [3.8, 4) is 0 Å². The number of hydrogen-bond donors (Lipinski definition) is 2. The number of aryl methyl sites for hydroxylation is 1. The number of hydrogen-bond acceptors (Lipinski definition) is 5. The number of methoxy groups -OCH3 is 1. The zero-order chi connectivity index (χ0) is 16.0. The molecule has 0 bridgehead atoms. The first-order valence-electron chi connectivity index (χ1n) is 8.08. The van der Waals surface area contributed by atoms with Crippen LogP contribution in [-0.2, 0) is 17.8 Å². The highest BCUT2D eigenvalue weighted by molar-refractivity contribution is 5.15. The summed E-state index contributed by atoms with van der Waals surface area (Å²) in [6.45, 7) is 6.38. The molecule has 1 atom stereocenters. The van der Waals surface area contributed by atoms with Crippen LogP contribution in [0.25, 0.3) is 0 Å². The van der Waals surface area contributed by atoms with E-state index < -0.39 is 0 Å². The highest BCUT2D eigenvalue weighted by Gasteiger charge is 2.34. The molecule has 1 aliphatic rings. The predicted octanol–water partition coefficient (Wildman–Crippen LogP) is 0.795. The summed E-state index contributed by atoms with van der Waals surface area (Å²) in [7, 11) is 1.71. The molecule has 0 aliphatic carbocycles. The molecule has 0 aromatic carbocycles. The molecule has 0 amide bonds. The first kappa shape index (κ1) is 17.4. The highest BCUT2D eigenvalue weighted by Crippen LogP contribution is 2.33. The van der Waals surface area contributed by atoms with Gasteiger partial charge in [0.2, 0.25) is 0 Å². The van der Waals surface area contributed by atoms with Crippen LogP contribution in [0.2, 0.25) is 0 Å². The number of aliphatic hydroxyl groups excluding tert-OH is 2. The fourth-order valence-corrected chi connectivity index (χ4v) is 3.35. The summed E-state index contributed by atoms with van der Waals surface area (Å²) in [4.78, 5) is 2.41. The van der Waals surface area contributed by atoms with Crippen molar-refractivity contribution in [1.29, 1.82) is 0 Å². The van der Waals surface area contributed by atoms with Gasteiger partial charge in [-0.3, -0.25) is 9.58 Å². The quantitative estimate of drug-likeness (QED) is 0.743. The molecule has 1 unspecified atom stereocenters. The standard InChI is InChI=1S/C16H29N3O3/c1-14-15(11-19(17-14)7-8-20)10-18-6-3-4-16(12-18,13-21)5-9-22-2/h11,20-21H,3-10,12-13H2,1-2H3. The monoisotopic (exact) mass is 311 g/mol. The number of ether oxygens (including phenoxy) is 1. The van der Waals surface area contributed by atoms with Crippen molar-refractivity contribution in [2.75, 3.05) is 40.0 Å². The third-order valence-corrected chi connectivity index (χ3v) is 4.68. The summed E-state index contributed by atoms with van der Waals surface area (Å²) < 4.78 is 7.01. The minimum Gasteiger partial charge on any atom is -0.396 e. The third kappa shape index (κ3) is 4.29. The van der Waals surface area contributed by atoms with Gasteiger partial charge in [0.1, 0.15) is 0 Å². The van der Waals surface area contributed by atoms with Crippen LogP contribution in [0.5, 0.6) is 0 Å².